The first-order valence-corrected chi connectivity index (χ1v) is 6.07. The summed E-state index contributed by atoms with van der Waals surface area (Å²) in [7, 11) is 0. The zero-order valence-corrected chi connectivity index (χ0v) is 10.8. The fourth-order valence-electron chi connectivity index (χ4n) is 2.50. The van der Waals surface area contributed by atoms with E-state index in [0.717, 1.165) is 29.9 Å². The quantitative estimate of drug-likeness (QED) is 0.792. The molecule has 0 unspecified atom stereocenters. The maximum Gasteiger partial charge on any atom is 0.123 e. The highest BCUT2D eigenvalue weighted by Gasteiger charge is 2.29. The standard InChI is InChI=1S/C15H20O2/c1-5-6-10-9-12-11(7-8-17-12)13(14(10)16)15(2,3)4/h5,9,16H,1,6-8H2,2-4H3. The summed E-state index contributed by atoms with van der Waals surface area (Å²) < 4.78 is 5.63. The second kappa shape index (κ2) is 4.10. The smallest absolute Gasteiger partial charge is 0.123 e. The number of aromatic hydroxyl groups is 1. The minimum atomic E-state index is -0.0704. The molecule has 0 aliphatic carbocycles. The van der Waals surface area contributed by atoms with Crippen LogP contribution < -0.4 is 4.74 Å². The Bertz CT molecular complexity index is 453. The highest BCUT2D eigenvalue weighted by molar-refractivity contribution is 5.57. The first-order chi connectivity index (χ1) is 7.95. The van der Waals surface area contributed by atoms with Gasteiger partial charge in [0.15, 0.2) is 0 Å². The zero-order valence-electron chi connectivity index (χ0n) is 10.8. The lowest BCUT2D eigenvalue weighted by Crippen LogP contribution is -2.15. The Hall–Kier alpha value is -1.44. The Morgan fingerprint density at radius 1 is 1.47 bits per heavy atom. The number of ether oxygens (including phenoxy) is 1. The molecule has 1 aliphatic rings. The Kier molecular flexibility index (Phi) is 2.90. The second-order valence-electron chi connectivity index (χ2n) is 5.58. The summed E-state index contributed by atoms with van der Waals surface area (Å²) >= 11 is 0. The monoisotopic (exact) mass is 232 g/mol. The van der Waals surface area contributed by atoms with Crippen molar-refractivity contribution in [1.82, 2.24) is 0 Å². The van der Waals surface area contributed by atoms with E-state index >= 15 is 0 Å². The fourth-order valence-corrected chi connectivity index (χ4v) is 2.50. The van der Waals surface area contributed by atoms with Crippen molar-refractivity contribution < 1.29 is 9.84 Å². The molecule has 0 saturated carbocycles. The molecule has 0 radical (unpaired) electrons. The fraction of sp³-hybridized carbons (Fsp3) is 0.467. The maximum atomic E-state index is 10.4. The number of phenols is 1. The lowest BCUT2D eigenvalue weighted by atomic mass is 9.81. The van der Waals surface area contributed by atoms with Gasteiger partial charge < -0.3 is 9.84 Å². The van der Waals surface area contributed by atoms with Crippen LogP contribution in [0, 0.1) is 0 Å². The maximum absolute atomic E-state index is 10.4. The molecule has 2 rings (SSSR count). The molecule has 2 heteroatoms. The molecule has 0 amide bonds. The summed E-state index contributed by atoms with van der Waals surface area (Å²) in [6.45, 7) is 10.8. The normalized spacial score (nSPS) is 14.3. The van der Waals surface area contributed by atoms with Crippen LogP contribution in [0.25, 0.3) is 0 Å². The first kappa shape index (κ1) is 12.0. The highest BCUT2D eigenvalue weighted by Crippen LogP contribution is 2.43. The predicted molar refractivity (Wildman–Crippen MR) is 69.9 cm³/mol. The summed E-state index contributed by atoms with van der Waals surface area (Å²) in [5.41, 5.74) is 3.04. The van der Waals surface area contributed by atoms with Gasteiger partial charge in [-0.05, 0) is 17.9 Å². The van der Waals surface area contributed by atoms with Crippen LogP contribution in [0.5, 0.6) is 11.5 Å². The van der Waals surface area contributed by atoms with E-state index in [2.05, 4.69) is 27.4 Å². The van der Waals surface area contributed by atoms with Gasteiger partial charge >= 0.3 is 0 Å². The molecular formula is C15H20O2. The predicted octanol–water partition coefficient (Wildman–Crippen LogP) is 3.35. The molecule has 0 bridgehead atoms. The number of fused-ring (bicyclic) bond motifs is 1. The largest absolute Gasteiger partial charge is 0.507 e. The van der Waals surface area contributed by atoms with Crippen LogP contribution in [0.15, 0.2) is 18.7 Å². The van der Waals surface area contributed by atoms with Crippen LogP contribution in [0.3, 0.4) is 0 Å². The molecule has 0 atom stereocenters. The van der Waals surface area contributed by atoms with E-state index in [4.69, 9.17) is 4.74 Å². The highest BCUT2D eigenvalue weighted by atomic mass is 16.5. The van der Waals surface area contributed by atoms with Crippen LogP contribution in [-0.2, 0) is 18.3 Å². The van der Waals surface area contributed by atoms with Gasteiger partial charge in [-0.1, -0.05) is 26.8 Å². The van der Waals surface area contributed by atoms with Crippen molar-refractivity contribution in [2.45, 2.75) is 39.0 Å². The van der Waals surface area contributed by atoms with Crippen molar-refractivity contribution in [2.75, 3.05) is 6.61 Å². The van der Waals surface area contributed by atoms with Crippen LogP contribution in [0.2, 0.25) is 0 Å². The van der Waals surface area contributed by atoms with Crippen molar-refractivity contribution >= 4 is 0 Å². The van der Waals surface area contributed by atoms with Crippen molar-refractivity contribution in [1.29, 1.82) is 0 Å². The number of benzene rings is 1. The lowest BCUT2D eigenvalue weighted by molar-refractivity contribution is 0.356. The molecular weight excluding hydrogens is 212 g/mol. The average Bonchev–Trinajstić information content (AvgIpc) is 2.64. The minimum absolute atomic E-state index is 0.0704. The summed E-state index contributed by atoms with van der Waals surface area (Å²) in [6.07, 6.45) is 3.37. The molecule has 1 aliphatic heterocycles. The molecule has 17 heavy (non-hydrogen) atoms. The van der Waals surface area contributed by atoms with Crippen molar-refractivity contribution in [3.05, 3.63) is 35.4 Å². The first-order valence-electron chi connectivity index (χ1n) is 6.07. The Balaban J connectivity index is 2.66. The van der Waals surface area contributed by atoms with Gasteiger partial charge in [0.2, 0.25) is 0 Å². The number of phenolic OH excluding ortho intramolecular Hbond substituents is 1. The van der Waals surface area contributed by atoms with Gasteiger partial charge in [-0.2, -0.15) is 0 Å². The third-order valence-corrected chi connectivity index (χ3v) is 3.17. The van der Waals surface area contributed by atoms with Gasteiger partial charge in [-0.15, -0.1) is 6.58 Å². The van der Waals surface area contributed by atoms with E-state index in [0.29, 0.717) is 12.2 Å². The molecule has 1 aromatic carbocycles. The van der Waals surface area contributed by atoms with Crippen LogP contribution >= 0.6 is 0 Å². The second-order valence-corrected chi connectivity index (χ2v) is 5.58. The average molecular weight is 232 g/mol. The third-order valence-electron chi connectivity index (χ3n) is 3.17. The van der Waals surface area contributed by atoms with E-state index in [1.54, 1.807) is 0 Å². The van der Waals surface area contributed by atoms with Crippen LogP contribution in [-0.4, -0.2) is 11.7 Å². The molecule has 1 heterocycles. The molecule has 1 N–H and O–H groups in total. The summed E-state index contributed by atoms with van der Waals surface area (Å²) in [5, 5.41) is 10.4. The van der Waals surface area contributed by atoms with Crippen molar-refractivity contribution in [3.63, 3.8) is 0 Å². The van der Waals surface area contributed by atoms with Crippen LogP contribution in [0.1, 0.15) is 37.5 Å². The van der Waals surface area contributed by atoms with E-state index in [1.807, 2.05) is 12.1 Å². The van der Waals surface area contributed by atoms with Crippen molar-refractivity contribution in [3.8, 4) is 11.5 Å². The van der Waals surface area contributed by atoms with Gasteiger partial charge in [-0.25, -0.2) is 0 Å². The molecule has 92 valence electrons. The number of rotatable bonds is 2. The van der Waals surface area contributed by atoms with E-state index in [-0.39, 0.29) is 5.41 Å². The van der Waals surface area contributed by atoms with Crippen LogP contribution in [0.4, 0.5) is 0 Å². The van der Waals surface area contributed by atoms with E-state index in [1.165, 1.54) is 5.56 Å². The van der Waals surface area contributed by atoms with Crippen molar-refractivity contribution in [2.24, 2.45) is 0 Å². The number of hydrogen-bond acceptors (Lipinski definition) is 2. The summed E-state index contributed by atoms with van der Waals surface area (Å²) in [4.78, 5) is 0. The van der Waals surface area contributed by atoms with Gasteiger partial charge in [0, 0.05) is 23.1 Å². The molecule has 2 nitrogen and oxygen atoms in total. The zero-order chi connectivity index (χ0) is 12.6. The van der Waals surface area contributed by atoms with E-state index < -0.39 is 0 Å². The SMILES string of the molecule is C=CCc1cc2c(c(C(C)(C)C)c1O)CCO2. The Labute approximate surface area is 103 Å². The van der Waals surface area contributed by atoms with Gasteiger partial charge in [-0.3, -0.25) is 0 Å². The molecule has 0 spiro atoms. The number of allylic oxidation sites excluding steroid dienone is 1. The Morgan fingerprint density at radius 2 is 2.18 bits per heavy atom. The molecule has 0 saturated heterocycles. The van der Waals surface area contributed by atoms with Gasteiger partial charge in [0.1, 0.15) is 11.5 Å². The molecule has 1 aromatic rings. The minimum Gasteiger partial charge on any atom is -0.507 e. The van der Waals surface area contributed by atoms with Gasteiger partial charge in [0.25, 0.3) is 0 Å². The van der Waals surface area contributed by atoms with E-state index in [9.17, 15) is 5.11 Å². The topological polar surface area (TPSA) is 29.5 Å². The molecule has 0 aromatic heterocycles. The summed E-state index contributed by atoms with van der Waals surface area (Å²) in [5.74, 6) is 1.35. The lowest BCUT2D eigenvalue weighted by Gasteiger charge is -2.24. The third kappa shape index (κ3) is 2.04. The molecule has 0 fully saturated rings. The number of hydrogen-bond donors (Lipinski definition) is 1. The summed E-state index contributed by atoms with van der Waals surface area (Å²) in [6, 6.07) is 1.95. The Morgan fingerprint density at radius 3 is 2.76 bits per heavy atom. The van der Waals surface area contributed by atoms with Gasteiger partial charge in [0.05, 0.1) is 6.61 Å².